The number of hydrogen-bond acceptors (Lipinski definition) is 11. The van der Waals surface area contributed by atoms with E-state index in [0.717, 1.165) is 19.5 Å². The molecule has 2 fully saturated rings. The van der Waals surface area contributed by atoms with E-state index in [4.69, 9.17) is 14.7 Å². The number of rotatable bonds is 10. The summed E-state index contributed by atoms with van der Waals surface area (Å²) < 4.78 is 7.84. The van der Waals surface area contributed by atoms with Crippen LogP contribution in [-0.2, 0) is 11.2 Å². The maximum absolute atomic E-state index is 11.1. The van der Waals surface area contributed by atoms with Gasteiger partial charge in [-0.05, 0) is 24.1 Å². The van der Waals surface area contributed by atoms with Gasteiger partial charge in [-0.15, -0.1) is 10.2 Å². The summed E-state index contributed by atoms with van der Waals surface area (Å²) in [6.45, 7) is 4.24. The highest BCUT2D eigenvalue weighted by molar-refractivity contribution is 5.84. The number of H-pyrrole nitrogens is 1. The van der Waals surface area contributed by atoms with Gasteiger partial charge in [0.15, 0.2) is 29.0 Å². The highest BCUT2D eigenvalue weighted by Gasteiger charge is 2.46. The standard InChI is InChI=1S/C31H36N10O3/c1-2-22-36-28(40-39-22)26-24(42)25(43)30(44-26)41-17-34-23-27(37-31(38-29(23)41)35-20-13-14-32-15-20)33-16-21(18-9-5-3-6-10-18)19-11-7-4-8-12-19/h3-12,17,20-21,24-26,30,32,42-43H,2,13-16H2,1H3,(H,36,39,40)(H2,33,35,37,38)/t20-,24+,25-,26+,30-/m1/s1. The molecular weight excluding hydrogens is 560 g/mol. The monoisotopic (exact) mass is 596 g/mol. The van der Waals surface area contributed by atoms with Crippen LogP contribution in [0.5, 0.6) is 0 Å². The lowest BCUT2D eigenvalue weighted by molar-refractivity contribution is -0.0382. The van der Waals surface area contributed by atoms with Crippen molar-refractivity contribution in [3.8, 4) is 0 Å². The number of fused-ring (bicyclic) bond motifs is 1. The molecule has 0 bridgehead atoms. The summed E-state index contributed by atoms with van der Waals surface area (Å²) >= 11 is 0. The second kappa shape index (κ2) is 12.3. The van der Waals surface area contributed by atoms with Crippen molar-refractivity contribution in [2.45, 2.75) is 56.3 Å². The number of nitrogens with one attached hydrogen (secondary N) is 4. The van der Waals surface area contributed by atoms with Crippen molar-refractivity contribution >= 4 is 22.9 Å². The van der Waals surface area contributed by atoms with Crippen molar-refractivity contribution in [1.29, 1.82) is 0 Å². The van der Waals surface area contributed by atoms with Crippen molar-refractivity contribution in [2.24, 2.45) is 0 Å². The van der Waals surface area contributed by atoms with Gasteiger partial charge in [0.2, 0.25) is 5.95 Å². The molecule has 0 saturated carbocycles. The molecule has 228 valence electrons. The lowest BCUT2D eigenvalue weighted by atomic mass is 9.91. The van der Waals surface area contributed by atoms with Crippen LogP contribution in [-0.4, -0.2) is 82.8 Å². The lowest BCUT2D eigenvalue weighted by Gasteiger charge is -2.20. The molecule has 5 aromatic rings. The largest absolute Gasteiger partial charge is 0.387 e. The number of ether oxygens (including phenoxy) is 1. The third-order valence-corrected chi connectivity index (χ3v) is 8.36. The van der Waals surface area contributed by atoms with Crippen LogP contribution in [0.15, 0.2) is 67.0 Å². The number of aromatic amines is 1. The first-order valence-corrected chi connectivity index (χ1v) is 15.1. The third kappa shape index (κ3) is 5.50. The fraction of sp³-hybridized carbons (Fsp3) is 0.387. The topological polar surface area (TPSA) is 171 Å². The van der Waals surface area contributed by atoms with Gasteiger partial charge in [0.25, 0.3) is 0 Å². The Bertz CT molecular complexity index is 1650. The molecule has 0 amide bonds. The first-order valence-electron chi connectivity index (χ1n) is 15.1. The predicted molar refractivity (Wildman–Crippen MR) is 164 cm³/mol. The Hall–Kier alpha value is -4.43. The van der Waals surface area contributed by atoms with Gasteiger partial charge >= 0.3 is 0 Å². The summed E-state index contributed by atoms with van der Waals surface area (Å²) in [5.74, 6) is 2.10. The number of anilines is 2. The Kier molecular flexibility index (Phi) is 7.91. The zero-order chi connectivity index (χ0) is 30.0. The molecule has 13 nitrogen and oxygen atoms in total. The number of hydrogen-bond donors (Lipinski definition) is 6. The quantitative estimate of drug-likeness (QED) is 0.140. The Labute approximate surface area is 254 Å². The molecule has 13 heteroatoms. The summed E-state index contributed by atoms with van der Waals surface area (Å²) in [5, 5.41) is 40.6. The summed E-state index contributed by atoms with van der Waals surface area (Å²) in [6, 6.07) is 20.9. The van der Waals surface area contributed by atoms with E-state index < -0.39 is 24.5 Å². The molecule has 2 saturated heterocycles. The van der Waals surface area contributed by atoms with Crippen molar-refractivity contribution in [2.75, 3.05) is 30.3 Å². The molecule has 44 heavy (non-hydrogen) atoms. The van der Waals surface area contributed by atoms with Crippen molar-refractivity contribution in [3.05, 3.63) is 89.8 Å². The zero-order valence-corrected chi connectivity index (χ0v) is 24.3. The molecular formula is C31H36N10O3. The maximum atomic E-state index is 11.1. The van der Waals surface area contributed by atoms with Crippen LogP contribution in [0.2, 0.25) is 0 Å². The highest BCUT2D eigenvalue weighted by Crippen LogP contribution is 2.39. The van der Waals surface area contributed by atoms with E-state index in [-0.39, 0.29) is 12.0 Å². The van der Waals surface area contributed by atoms with E-state index in [0.29, 0.717) is 47.5 Å². The molecule has 5 heterocycles. The van der Waals surface area contributed by atoms with Gasteiger partial charge in [-0.3, -0.25) is 4.57 Å². The van der Waals surface area contributed by atoms with Gasteiger partial charge in [0.05, 0.1) is 6.33 Å². The molecule has 2 aromatic carbocycles. The van der Waals surface area contributed by atoms with E-state index in [1.165, 1.54) is 11.1 Å². The predicted octanol–water partition coefficient (Wildman–Crippen LogP) is 2.52. The average molecular weight is 597 g/mol. The molecule has 6 N–H and O–H groups in total. The van der Waals surface area contributed by atoms with Gasteiger partial charge in [0.1, 0.15) is 24.1 Å². The van der Waals surface area contributed by atoms with E-state index in [2.05, 4.69) is 60.4 Å². The second-order valence-electron chi connectivity index (χ2n) is 11.2. The van der Waals surface area contributed by atoms with Crippen molar-refractivity contribution in [3.63, 3.8) is 0 Å². The molecule has 0 radical (unpaired) electrons. The molecule has 2 aliphatic rings. The molecule has 3 aromatic heterocycles. The maximum Gasteiger partial charge on any atom is 0.227 e. The average Bonchev–Trinajstić information content (AvgIpc) is 3.87. The lowest BCUT2D eigenvalue weighted by Crippen LogP contribution is -2.29. The molecule has 0 spiro atoms. The van der Waals surface area contributed by atoms with Crippen LogP contribution in [0, 0.1) is 0 Å². The third-order valence-electron chi connectivity index (χ3n) is 8.36. The molecule has 7 rings (SSSR count). The van der Waals surface area contributed by atoms with Crippen LogP contribution in [0.25, 0.3) is 11.2 Å². The van der Waals surface area contributed by atoms with E-state index >= 15 is 0 Å². The number of aliphatic hydroxyl groups is 2. The number of aryl methyl sites for hydroxylation is 1. The Morgan fingerprint density at radius 3 is 2.41 bits per heavy atom. The van der Waals surface area contributed by atoms with Crippen LogP contribution in [0.4, 0.5) is 11.8 Å². The smallest absolute Gasteiger partial charge is 0.227 e. The summed E-state index contributed by atoms with van der Waals surface area (Å²) in [6.07, 6.45) is -1.16. The normalized spacial score (nSPS) is 23.5. The van der Waals surface area contributed by atoms with Gasteiger partial charge in [0, 0.05) is 31.5 Å². The SMILES string of the molecule is CCc1nnc([C@H]2O[C@@H](n3cnc4c(NCC(c5ccccc5)c5ccccc5)nc(N[C@@H]5CCNC5)nc43)[C@H](O)[C@@H]2O)[nH]1. The minimum atomic E-state index is -1.25. The molecule has 0 aliphatic carbocycles. The molecule has 5 atom stereocenters. The number of nitrogens with zero attached hydrogens (tertiary/aromatic N) is 6. The van der Waals surface area contributed by atoms with E-state index in [1.54, 1.807) is 10.9 Å². The summed E-state index contributed by atoms with van der Waals surface area (Å²) in [7, 11) is 0. The zero-order valence-electron chi connectivity index (χ0n) is 24.3. The first kappa shape index (κ1) is 28.3. The number of aromatic nitrogens is 7. The van der Waals surface area contributed by atoms with E-state index in [9.17, 15) is 10.2 Å². The van der Waals surface area contributed by atoms with Gasteiger partial charge in [-0.25, -0.2) is 4.98 Å². The van der Waals surface area contributed by atoms with E-state index in [1.807, 2.05) is 43.3 Å². The number of benzene rings is 2. The van der Waals surface area contributed by atoms with Crippen LogP contribution < -0.4 is 16.0 Å². The van der Waals surface area contributed by atoms with Crippen molar-refractivity contribution < 1.29 is 14.9 Å². The molecule has 0 unspecified atom stereocenters. The Morgan fingerprint density at radius 2 is 1.75 bits per heavy atom. The van der Waals surface area contributed by atoms with Crippen LogP contribution >= 0.6 is 0 Å². The minimum absolute atomic E-state index is 0.0609. The van der Waals surface area contributed by atoms with Gasteiger partial charge < -0.3 is 35.9 Å². The van der Waals surface area contributed by atoms with Crippen molar-refractivity contribution in [1.82, 2.24) is 40.0 Å². The fourth-order valence-electron chi connectivity index (χ4n) is 5.96. The van der Waals surface area contributed by atoms with Crippen LogP contribution in [0.3, 0.4) is 0 Å². The molecule has 2 aliphatic heterocycles. The summed E-state index contributed by atoms with van der Waals surface area (Å²) in [5.41, 5.74) is 3.36. The number of imidazole rings is 1. The highest BCUT2D eigenvalue weighted by atomic mass is 16.6. The number of aliphatic hydroxyl groups excluding tert-OH is 2. The summed E-state index contributed by atoms with van der Waals surface area (Å²) in [4.78, 5) is 17.4. The second-order valence-corrected chi connectivity index (χ2v) is 11.2. The first-order chi connectivity index (χ1) is 21.6. The van der Waals surface area contributed by atoms with Crippen LogP contribution in [0.1, 0.15) is 54.4 Å². The minimum Gasteiger partial charge on any atom is -0.387 e. The Balaban J connectivity index is 1.23. The Morgan fingerprint density at radius 1 is 1.00 bits per heavy atom. The fourth-order valence-corrected chi connectivity index (χ4v) is 5.96. The van der Waals surface area contributed by atoms with Gasteiger partial charge in [-0.1, -0.05) is 67.6 Å². The van der Waals surface area contributed by atoms with Gasteiger partial charge in [-0.2, -0.15) is 9.97 Å².